The van der Waals surface area contributed by atoms with Crippen LogP contribution in [-0.2, 0) is 6.54 Å². The molecule has 0 bridgehead atoms. The molecule has 0 aliphatic carbocycles. The summed E-state index contributed by atoms with van der Waals surface area (Å²) in [6, 6.07) is 8.43. The van der Waals surface area contributed by atoms with E-state index in [2.05, 4.69) is 25.2 Å². The van der Waals surface area contributed by atoms with Gasteiger partial charge in [-0.3, -0.25) is 0 Å². The van der Waals surface area contributed by atoms with Gasteiger partial charge in [0.15, 0.2) is 0 Å². The Morgan fingerprint density at radius 2 is 2.06 bits per heavy atom. The number of rotatable bonds is 4. The first-order valence-corrected chi connectivity index (χ1v) is 6.09. The second-order valence-corrected chi connectivity index (χ2v) is 4.76. The molecule has 0 atom stereocenters. The molecule has 0 saturated carbocycles. The summed E-state index contributed by atoms with van der Waals surface area (Å²) in [6.45, 7) is 5.02. The lowest BCUT2D eigenvalue weighted by atomic mass is 10.1. The summed E-state index contributed by atoms with van der Waals surface area (Å²) in [5, 5.41) is 4.16. The van der Waals surface area contributed by atoms with Crippen molar-refractivity contribution in [1.29, 1.82) is 0 Å². The lowest BCUT2D eigenvalue weighted by molar-refractivity contribution is 0.568. The van der Waals surface area contributed by atoms with Crippen molar-refractivity contribution in [3.05, 3.63) is 47.4 Å². The predicted octanol–water partition coefficient (Wildman–Crippen LogP) is 4.10. The van der Waals surface area contributed by atoms with E-state index in [9.17, 15) is 0 Å². The molecule has 0 spiro atoms. The zero-order valence-corrected chi connectivity index (χ0v) is 10.8. The topological polar surface area (TPSA) is 25.2 Å². The highest BCUT2D eigenvalue weighted by atomic mass is 35.5. The quantitative estimate of drug-likeness (QED) is 0.883. The van der Waals surface area contributed by atoms with Crippen molar-refractivity contribution in [1.82, 2.24) is 5.32 Å². The van der Waals surface area contributed by atoms with E-state index in [1.165, 1.54) is 0 Å². The van der Waals surface area contributed by atoms with Crippen LogP contribution in [0.2, 0.25) is 5.02 Å². The Hall–Kier alpha value is -1.25. The third-order valence-electron chi connectivity index (χ3n) is 2.60. The van der Waals surface area contributed by atoms with Gasteiger partial charge in [0.1, 0.15) is 0 Å². The molecule has 1 N–H and O–H groups in total. The smallest absolute Gasteiger partial charge is 0.0980 e. The number of furan rings is 1. The fourth-order valence-corrected chi connectivity index (χ4v) is 1.82. The van der Waals surface area contributed by atoms with Crippen LogP contribution in [0.4, 0.5) is 0 Å². The minimum atomic E-state index is 0.448. The van der Waals surface area contributed by atoms with Gasteiger partial charge < -0.3 is 9.73 Å². The summed E-state index contributed by atoms with van der Waals surface area (Å²) in [5.74, 6) is 0. The van der Waals surface area contributed by atoms with Crippen molar-refractivity contribution in [2.75, 3.05) is 0 Å². The molecular formula is C14H16ClNO. The molecule has 0 radical (unpaired) electrons. The summed E-state index contributed by atoms with van der Waals surface area (Å²) >= 11 is 6.18. The maximum Gasteiger partial charge on any atom is 0.0980 e. The maximum absolute atomic E-state index is 6.18. The van der Waals surface area contributed by atoms with Crippen LogP contribution >= 0.6 is 11.6 Å². The number of hydrogen-bond acceptors (Lipinski definition) is 2. The van der Waals surface area contributed by atoms with Crippen molar-refractivity contribution in [2.24, 2.45) is 0 Å². The number of benzene rings is 1. The van der Waals surface area contributed by atoms with Crippen LogP contribution < -0.4 is 5.32 Å². The summed E-state index contributed by atoms with van der Waals surface area (Å²) in [6.07, 6.45) is 3.42. The van der Waals surface area contributed by atoms with Gasteiger partial charge in [0, 0.05) is 23.2 Å². The van der Waals surface area contributed by atoms with Gasteiger partial charge in [-0.15, -0.1) is 0 Å². The van der Waals surface area contributed by atoms with Gasteiger partial charge in [-0.1, -0.05) is 31.5 Å². The molecule has 1 heterocycles. The first-order valence-electron chi connectivity index (χ1n) is 5.71. The van der Waals surface area contributed by atoms with Gasteiger partial charge in [-0.25, -0.2) is 0 Å². The molecule has 0 amide bonds. The van der Waals surface area contributed by atoms with Gasteiger partial charge in [-0.2, -0.15) is 0 Å². The Labute approximate surface area is 107 Å². The Bertz CT molecular complexity index is 477. The molecule has 2 rings (SSSR count). The van der Waals surface area contributed by atoms with Crippen molar-refractivity contribution in [3.63, 3.8) is 0 Å². The van der Waals surface area contributed by atoms with E-state index >= 15 is 0 Å². The molecule has 3 heteroatoms. The third kappa shape index (κ3) is 3.11. The highest BCUT2D eigenvalue weighted by molar-refractivity contribution is 6.31. The molecule has 0 aliphatic heterocycles. The standard InChI is InChI=1S/C14H16ClNO/c1-10(2)16-8-13-7-11(3-4-14(13)15)12-5-6-17-9-12/h3-7,9-10,16H,8H2,1-2H3. The molecule has 1 aromatic carbocycles. The number of nitrogens with one attached hydrogen (secondary N) is 1. The van der Waals surface area contributed by atoms with Crippen molar-refractivity contribution >= 4 is 11.6 Å². The van der Waals surface area contributed by atoms with Gasteiger partial charge in [0.05, 0.1) is 12.5 Å². The normalized spacial score (nSPS) is 11.1. The molecule has 0 aliphatic rings. The molecule has 0 unspecified atom stereocenters. The highest BCUT2D eigenvalue weighted by Crippen LogP contribution is 2.25. The molecule has 1 aromatic heterocycles. The van der Waals surface area contributed by atoms with E-state index < -0.39 is 0 Å². The van der Waals surface area contributed by atoms with Crippen LogP contribution in [0.25, 0.3) is 11.1 Å². The fraction of sp³-hybridized carbons (Fsp3) is 0.286. The summed E-state index contributed by atoms with van der Waals surface area (Å²) in [5.41, 5.74) is 3.32. The molecule has 17 heavy (non-hydrogen) atoms. The lowest BCUT2D eigenvalue weighted by Crippen LogP contribution is -2.21. The monoisotopic (exact) mass is 249 g/mol. The maximum atomic E-state index is 6.18. The molecule has 2 nitrogen and oxygen atoms in total. The lowest BCUT2D eigenvalue weighted by Gasteiger charge is -2.10. The zero-order valence-electron chi connectivity index (χ0n) is 10.0. The highest BCUT2D eigenvalue weighted by Gasteiger charge is 2.05. The van der Waals surface area contributed by atoms with Crippen molar-refractivity contribution in [3.8, 4) is 11.1 Å². The van der Waals surface area contributed by atoms with Gasteiger partial charge >= 0.3 is 0 Å². The molecule has 0 saturated heterocycles. The second kappa shape index (κ2) is 5.39. The zero-order chi connectivity index (χ0) is 12.3. The summed E-state index contributed by atoms with van der Waals surface area (Å²) < 4.78 is 5.09. The SMILES string of the molecule is CC(C)NCc1cc(-c2ccoc2)ccc1Cl. The van der Waals surface area contributed by atoms with Crippen LogP contribution in [0.5, 0.6) is 0 Å². The summed E-state index contributed by atoms with van der Waals surface area (Å²) in [7, 11) is 0. The Balaban J connectivity index is 2.23. The largest absolute Gasteiger partial charge is 0.472 e. The number of hydrogen-bond donors (Lipinski definition) is 1. The summed E-state index contributed by atoms with van der Waals surface area (Å²) in [4.78, 5) is 0. The Morgan fingerprint density at radius 3 is 2.71 bits per heavy atom. The minimum Gasteiger partial charge on any atom is -0.472 e. The second-order valence-electron chi connectivity index (χ2n) is 4.35. The van der Waals surface area contributed by atoms with Crippen molar-refractivity contribution < 1.29 is 4.42 Å². The van der Waals surface area contributed by atoms with Gasteiger partial charge in [0.2, 0.25) is 0 Å². The predicted molar refractivity (Wildman–Crippen MR) is 71.1 cm³/mol. The molecular weight excluding hydrogens is 234 g/mol. The van der Waals surface area contributed by atoms with E-state index in [0.717, 1.165) is 28.3 Å². The first-order chi connectivity index (χ1) is 8.16. The van der Waals surface area contributed by atoms with E-state index in [1.807, 2.05) is 18.2 Å². The van der Waals surface area contributed by atoms with Crippen LogP contribution in [0, 0.1) is 0 Å². The van der Waals surface area contributed by atoms with E-state index in [4.69, 9.17) is 16.0 Å². The third-order valence-corrected chi connectivity index (χ3v) is 2.97. The number of halogens is 1. The Kier molecular flexibility index (Phi) is 3.87. The van der Waals surface area contributed by atoms with Crippen LogP contribution in [0.3, 0.4) is 0 Å². The fourth-order valence-electron chi connectivity index (χ4n) is 1.63. The van der Waals surface area contributed by atoms with Crippen molar-refractivity contribution in [2.45, 2.75) is 26.4 Å². The van der Waals surface area contributed by atoms with Crippen LogP contribution in [-0.4, -0.2) is 6.04 Å². The van der Waals surface area contributed by atoms with E-state index in [-0.39, 0.29) is 0 Å². The van der Waals surface area contributed by atoms with Crippen LogP contribution in [0.1, 0.15) is 19.4 Å². The average Bonchev–Trinajstić information content (AvgIpc) is 2.81. The molecule has 90 valence electrons. The Morgan fingerprint density at radius 1 is 1.24 bits per heavy atom. The first kappa shape index (κ1) is 12.2. The molecule has 2 aromatic rings. The minimum absolute atomic E-state index is 0.448. The van der Waals surface area contributed by atoms with E-state index in [0.29, 0.717) is 6.04 Å². The van der Waals surface area contributed by atoms with Gasteiger partial charge in [-0.05, 0) is 29.3 Å². The van der Waals surface area contributed by atoms with Gasteiger partial charge in [0.25, 0.3) is 0 Å². The van der Waals surface area contributed by atoms with Crippen LogP contribution in [0.15, 0.2) is 41.2 Å². The molecule has 0 fully saturated rings. The van der Waals surface area contributed by atoms with E-state index in [1.54, 1.807) is 12.5 Å². The average molecular weight is 250 g/mol.